The number of aromatic nitrogens is 3. The van der Waals surface area contributed by atoms with Crippen LogP contribution in [0.4, 0.5) is 5.69 Å². The minimum Gasteiger partial charge on any atom is -0.311 e. The highest BCUT2D eigenvalue weighted by Crippen LogP contribution is 2.31. The van der Waals surface area contributed by atoms with E-state index >= 15 is 0 Å². The van der Waals surface area contributed by atoms with Crippen molar-refractivity contribution in [3.63, 3.8) is 0 Å². The summed E-state index contributed by atoms with van der Waals surface area (Å²) in [6.45, 7) is 7.05. The summed E-state index contributed by atoms with van der Waals surface area (Å²) < 4.78 is 2.11. The lowest BCUT2D eigenvalue weighted by Gasteiger charge is -2.17. The second-order valence-corrected chi connectivity index (χ2v) is 8.57. The van der Waals surface area contributed by atoms with E-state index in [9.17, 15) is 4.79 Å². The average molecular weight is 403 g/mol. The third-order valence-electron chi connectivity index (χ3n) is 5.83. The van der Waals surface area contributed by atoms with Crippen molar-refractivity contribution < 1.29 is 4.79 Å². The van der Waals surface area contributed by atoms with Gasteiger partial charge in [-0.25, -0.2) is 0 Å². The molecule has 0 atom stereocenters. The molecule has 5 rings (SSSR count). The van der Waals surface area contributed by atoms with E-state index in [1.165, 1.54) is 33.8 Å². The summed E-state index contributed by atoms with van der Waals surface area (Å²) in [5.41, 5.74) is 7.79. The number of thioether (sulfide) groups is 1. The molecule has 0 spiro atoms. The van der Waals surface area contributed by atoms with Crippen LogP contribution < -0.4 is 4.90 Å². The minimum absolute atomic E-state index is 0.113. The number of carbonyl (C=O) groups is 1. The fourth-order valence-corrected chi connectivity index (χ4v) is 4.97. The molecule has 0 fully saturated rings. The summed E-state index contributed by atoms with van der Waals surface area (Å²) in [6.07, 6.45) is 0.919. The van der Waals surface area contributed by atoms with Crippen LogP contribution in [0.15, 0.2) is 47.6 Å². The van der Waals surface area contributed by atoms with Gasteiger partial charge in [-0.1, -0.05) is 42.1 Å². The predicted molar refractivity (Wildman–Crippen MR) is 118 cm³/mol. The molecule has 146 valence electrons. The lowest BCUT2D eigenvalue weighted by molar-refractivity contribution is -0.116. The lowest BCUT2D eigenvalue weighted by Crippen LogP contribution is -2.30. The monoisotopic (exact) mass is 402 g/mol. The Balaban J connectivity index is 1.50. The molecule has 0 unspecified atom stereocenters. The molecule has 5 nitrogen and oxygen atoms in total. The Labute approximate surface area is 173 Å². The van der Waals surface area contributed by atoms with Gasteiger partial charge in [-0.05, 0) is 67.0 Å². The van der Waals surface area contributed by atoms with E-state index in [1.807, 2.05) is 23.1 Å². The molecular weight excluding hydrogens is 380 g/mol. The minimum atomic E-state index is 0.113. The molecule has 0 aliphatic carbocycles. The van der Waals surface area contributed by atoms with Crippen molar-refractivity contribution in [3.05, 3.63) is 64.7 Å². The molecule has 1 amide bonds. The van der Waals surface area contributed by atoms with Crippen LogP contribution in [-0.4, -0.2) is 32.8 Å². The van der Waals surface area contributed by atoms with E-state index in [4.69, 9.17) is 0 Å². The molecular formula is C23H22N4OS. The van der Waals surface area contributed by atoms with Gasteiger partial charge in [0.25, 0.3) is 0 Å². The van der Waals surface area contributed by atoms with Crippen LogP contribution in [0.5, 0.6) is 0 Å². The molecule has 0 saturated heterocycles. The van der Waals surface area contributed by atoms with Gasteiger partial charge in [0, 0.05) is 12.2 Å². The second kappa shape index (κ2) is 6.88. The van der Waals surface area contributed by atoms with Crippen molar-refractivity contribution in [1.29, 1.82) is 0 Å². The molecule has 4 aromatic rings. The van der Waals surface area contributed by atoms with Crippen molar-refractivity contribution in [2.75, 3.05) is 17.2 Å². The van der Waals surface area contributed by atoms with Crippen molar-refractivity contribution in [1.82, 2.24) is 14.6 Å². The van der Waals surface area contributed by atoms with E-state index in [0.717, 1.165) is 40.5 Å². The smallest absolute Gasteiger partial charge is 0.237 e. The Hall–Kier alpha value is -2.86. The normalized spacial score (nSPS) is 13.4. The number of carbonyl (C=O) groups excluding carboxylic acids is 1. The lowest BCUT2D eigenvalue weighted by atomic mass is 10.0. The summed E-state index contributed by atoms with van der Waals surface area (Å²) in [6, 6.07) is 14.6. The highest BCUT2D eigenvalue weighted by molar-refractivity contribution is 7.99. The molecule has 0 radical (unpaired) electrons. The van der Waals surface area contributed by atoms with Gasteiger partial charge in [-0.15, -0.1) is 10.2 Å². The first-order valence-corrected chi connectivity index (χ1v) is 10.8. The van der Waals surface area contributed by atoms with Crippen molar-refractivity contribution in [3.8, 4) is 0 Å². The zero-order chi connectivity index (χ0) is 20.1. The Morgan fingerprint density at radius 3 is 2.76 bits per heavy atom. The molecule has 1 aliphatic heterocycles. The first kappa shape index (κ1) is 18.2. The SMILES string of the molecule is Cc1ccc2cc(C)c3nnc(SCC(=O)N4CCc5ccccc54)n3c2c1C. The molecule has 0 N–H and O–H groups in total. The topological polar surface area (TPSA) is 50.5 Å². The highest BCUT2D eigenvalue weighted by Gasteiger charge is 2.25. The zero-order valence-corrected chi connectivity index (χ0v) is 17.6. The van der Waals surface area contributed by atoms with Crippen LogP contribution in [0.2, 0.25) is 0 Å². The maximum Gasteiger partial charge on any atom is 0.237 e. The Morgan fingerprint density at radius 2 is 1.90 bits per heavy atom. The van der Waals surface area contributed by atoms with Gasteiger partial charge in [-0.2, -0.15) is 0 Å². The number of rotatable bonds is 3. The van der Waals surface area contributed by atoms with Gasteiger partial charge in [0.15, 0.2) is 10.8 Å². The fourth-order valence-electron chi connectivity index (χ4n) is 4.15. The maximum absolute atomic E-state index is 12.9. The van der Waals surface area contributed by atoms with Gasteiger partial charge in [-0.3, -0.25) is 9.20 Å². The van der Waals surface area contributed by atoms with Crippen LogP contribution >= 0.6 is 11.8 Å². The summed E-state index contributed by atoms with van der Waals surface area (Å²) >= 11 is 1.46. The zero-order valence-electron chi connectivity index (χ0n) is 16.8. The molecule has 1 aliphatic rings. The molecule has 6 heteroatoms. The molecule has 2 aromatic heterocycles. The Morgan fingerprint density at radius 1 is 1.07 bits per heavy atom. The standard InChI is InChI=1S/C23H22N4OS/c1-14-8-9-18-12-15(2)22-24-25-23(27(22)21(18)16(14)3)29-13-20(28)26-11-10-17-6-4-5-7-19(17)26/h4-9,12H,10-11,13H2,1-3H3. The summed E-state index contributed by atoms with van der Waals surface area (Å²) in [5, 5.41) is 10.8. The third-order valence-corrected chi connectivity index (χ3v) is 6.74. The van der Waals surface area contributed by atoms with Crippen LogP contribution in [-0.2, 0) is 11.2 Å². The number of amides is 1. The van der Waals surface area contributed by atoms with Gasteiger partial charge in [0.05, 0.1) is 11.3 Å². The average Bonchev–Trinajstić information content (AvgIpc) is 3.34. The molecule has 0 bridgehead atoms. The summed E-state index contributed by atoms with van der Waals surface area (Å²) in [5.74, 6) is 0.455. The number of aryl methyl sites for hydroxylation is 3. The summed E-state index contributed by atoms with van der Waals surface area (Å²) in [4.78, 5) is 14.8. The van der Waals surface area contributed by atoms with Crippen LogP contribution in [0.25, 0.3) is 16.6 Å². The van der Waals surface area contributed by atoms with Crippen LogP contribution in [0.1, 0.15) is 22.3 Å². The van der Waals surface area contributed by atoms with Crippen molar-refractivity contribution >= 4 is 39.9 Å². The van der Waals surface area contributed by atoms with Gasteiger partial charge < -0.3 is 4.90 Å². The Kier molecular flexibility index (Phi) is 4.32. The van der Waals surface area contributed by atoms with E-state index in [0.29, 0.717) is 5.75 Å². The second-order valence-electron chi connectivity index (χ2n) is 7.63. The van der Waals surface area contributed by atoms with Gasteiger partial charge >= 0.3 is 0 Å². The van der Waals surface area contributed by atoms with Crippen LogP contribution in [0, 0.1) is 20.8 Å². The molecule has 0 saturated carbocycles. The van der Waals surface area contributed by atoms with Gasteiger partial charge in [0.2, 0.25) is 5.91 Å². The van der Waals surface area contributed by atoms with Gasteiger partial charge in [0.1, 0.15) is 0 Å². The molecule has 29 heavy (non-hydrogen) atoms. The number of anilines is 1. The van der Waals surface area contributed by atoms with E-state index < -0.39 is 0 Å². The third kappa shape index (κ3) is 2.90. The van der Waals surface area contributed by atoms with Crippen molar-refractivity contribution in [2.24, 2.45) is 0 Å². The highest BCUT2D eigenvalue weighted by atomic mass is 32.2. The number of pyridine rings is 1. The molecule has 2 aromatic carbocycles. The molecule has 3 heterocycles. The first-order chi connectivity index (χ1) is 14.0. The maximum atomic E-state index is 12.9. The van der Waals surface area contributed by atoms with E-state index in [2.05, 4.69) is 59.6 Å². The number of hydrogen-bond donors (Lipinski definition) is 0. The summed E-state index contributed by atoms with van der Waals surface area (Å²) in [7, 11) is 0. The predicted octanol–water partition coefficient (Wildman–Crippen LogP) is 4.49. The number of benzene rings is 2. The van der Waals surface area contributed by atoms with E-state index in [1.54, 1.807) is 0 Å². The number of fused-ring (bicyclic) bond motifs is 4. The number of nitrogens with zero attached hydrogens (tertiary/aromatic N) is 4. The van der Waals surface area contributed by atoms with Crippen molar-refractivity contribution in [2.45, 2.75) is 32.3 Å². The largest absolute Gasteiger partial charge is 0.311 e. The first-order valence-electron chi connectivity index (χ1n) is 9.80. The fraction of sp³-hybridized carbons (Fsp3) is 0.261. The quantitative estimate of drug-likeness (QED) is 0.474. The van der Waals surface area contributed by atoms with E-state index in [-0.39, 0.29) is 5.91 Å². The van der Waals surface area contributed by atoms with Crippen LogP contribution in [0.3, 0.4) is 0 Å². The number of hydrogen-bond acceptors (Lipinski definition) is 4. The Bertz CT molecular complexity index is 1280. The number of para-hydroxylation sites is 1.